The summed E-state index contributed by atoms with van der Waals surface area (Å²) in [6.45, 7) is 0.583. The smallest absolute Gasteiger partial charge is 0.340 e. The Hall–Kier alpha value is -3.26. The molecule has 0 bridgehead atoms. The van der Waals surface area contributed by atoms with E-state index in [4.69, 9.17) is 11.0 Å². The first-order valence-corrected chi connectivity index (χ1v) is 9.20. The minimum atomic E-state index is -4.61. The van der Waals surface area contributed by atoms with Crippen molar-refractivity contribution in [2.45, 2.75) is 31.4 Å². The van der Waals surface area contributed by atoms with Gasteiger partial charge in [-0.1, -0.05) is 0 Å². The second-order valence-electron chi connectivity index (χ2n) is 7.10. The lowest BCUT2D eigenvalue weighted by molar-refractivity contribution is -0.141. The van der Waals surface area contributed by atoms with E-state index in [0.29, 0.717) is 23.8 Å². The lowest BCUT2D eigenvalue weighted by Crippen LogP contribution is -2.50. The molecular weight excluding hydrogens is 402 g/mol. The maximum absolute atomic E-state index is 13.8. The topological polar surface area (TPSA) is 96.7 Å². The molecule has 156 valence electrons. The zero-order valence-corrected chi connectivity index (χ0v) is 15.6. The molecule has 1 aliphatic heterocycles. The summed E-state index contributed by atoms with van der Waals surface area (Å²) in [4.78, 5) is 14.2. The fourth-order valence-electron chi connectivity index (χ4n) is 3.42. The van der Waals surface area contributed by atoms with Gasteiger partial charge in [0.2, 0.25) is 5.95 Å². The number of anilines is 1. The lowest BCUT2D eigenvalue weighted by Gasteiger charge is -2.34. The summed E-state index contributed by atoms with van der Waals surface area (Å²) in [5, 5.41) is 8.92. The van der Waals surface area contributed by atoms with Crippen LogP contribution in [0.5, 0.6) is 0 Å². The summed E-state index contributed by atoms with van der Waals surface area (Å²) in [7, 11) is 0. The number of piperidine rings is 1. The van der Waals surface area contributed by atoms with Crippen molar-refractivity contribution in [3.63, 3.8) is 0 Å². The summed E-state index contributed by atoms with van der Waals surface area (Å²) in [6.07, 6.45) is -4.17. The minimum absolute atomic E-state index is 0.0435. The minimum Gasteiger partial charge on any atom is -0.340 e. The molecule has 7 nitrogen and oxygen atoms in total. The third-order valence-corrected chi connectivity index (χ3v) is 4.99. The summed E-state index contributed by atoms with van der Waals surface area (Å²) < 4.78 is 55.0. The van der Waals surface area contributed by atoms with Gasteiger partial charge in [0.1, 0.15) is 23.5 Å². The largest absolute Gasteiger partial charge is 0.433 e. The molecule has 11 heteroatoms. The number of nitriles is 1. The first kappa shape index (κ1) is 20.0. The van der Waals surface area contributed by atoms with E-state index in [1.54, 1.807) is 17.0 Å². The number of nitrogens with zero attached hydrogens (tertiary/aromatic N) is 6. The van der Waals surface area contributed by atoms with Crippen molar-refractivity contribution in [1.82, 2.24) is 19.5 Å². The Morgan fingerprint density at radius 3 is 2.63 bits per heavy atom. The van der Waals surface area contributed by atoms with Crippen LogP contribution in [-0.4, -0.2) is 44.8 Å². The number of alkyl halides is 4. The molecule has 2 N–H and O–H groups in total. The molecule has 1 fully saturated rings. The standard InChI is InChI=1S/C19H17F4N7/c20-13-5-6-29(10-14(13)25)18-27-15-3-4-16(19(21,22)23)28-17(15)30(18)9-12-2-1-11(7-24)8-26-12/h1-4,8,13-14H,5-6,9-10,25H2/t13-,14-/m1/s1. The zero-order chi connectivity index (χ0) is 21.5. The number of aromatic nitrogens is 4. The van der Waals surface area contributed by atoms with Gasteiger partial charge in [-0.2, -0.15) is 18.4 Å². The molecule has 4 heterocycles. The fraction of sp³-hybridized carbons (Fsp3) is 0.368. The SMILES string of the molecule is N#Cc1ccc(Cn2c(N3CC[C@@H](F)[C@H](N)C3)nc3ccc(C(F)(F)F)nc32)nc1. The normalized spacial score (nSPS) is 19.8. The lowest BCUT2D eigenvalue weighted by atomic mass is 10.1. The van der Waals surface area contributed by atoms with Crippen molar-refractivity contribution >= 4 is 17.1 Å². The Bertz CT molecular complexity index is 1100. The first-order chi connectivity index (χ1) is 14.3. The van der Waals surface area contributed by atoms with Gasteiger partial charge in [-0.05, 0) is 30.7 Å². The van der Waals surface area contributed by atoms with Crippen LogP contribution < -0.4 is 10.6 Å². The van der Waals surface area contributed by atoms with Gasteiger partial charge < -0.3 is 10.6 Å². The third-order valence-electron chi connectivity index (χ3n) is 4.99. The molecule has 0 aliphatic carbocycles. The van der Waals surface area contributed by atoms with Crippen LogP contribution in [0.1, 0.15) is 23.4 Å². The average molecular weight is 419 g/mol. The molecule has 0 radical (unpaired) electrons. The van der Waals surface area contributed by atoms with E-state index in [0.717, 1.165) is 6.07 Å². The monoisotopic (exact) mass is 419 g/mol. The zero-order valence-electron chi connectivity index (χ0n) is 15.6. The van der Waals surface area contributed by atoms with Crippen LogP contribution in [0.25, 0.3) is 11.2 Å². The van der Waals surface area contributed by atoms with E-state index in [9.17, 15) is 17.6 Å². The van der Waals surface area contributed by atoms with Gasteiger partial charge in [0.15, 0.2) is 5.65 Å². The van der Waals surface area contributed by atoms with Gasteiger partial charge in [0.05, 0.1) is 23.8 Å². The molecule has 1 aliphatic rings. The van der Waals surface area contributed by atoms with Gasteiger partial charge in [0, 0.05) is 19.3 Å². The molecule has 0 saturated carbocycles. The summed E-state index contributed by atoms with van der Waals surface area (Å²) >= 11 is 0. The molecular formula is C19H17F4N7. The van der Waals surface area contributed by atoms with Gasteiger partial charge in [-0.3, -0.25) is 9.55 Å². The summed E-state index contributed by atoms with van der Waals surface area (Å²) in [6, 6.07) is 6.56. The van der Waals surface area contributed by atoms with Crippen molar-refractivity contribution in [2.75, 3.05) is 18.0 Å². The van der Waals surface area contributed by atoms with E-state index < -0.39 is 24.1 Å². The van der Waals surface area contributed by atoms with Crippen molar-refractivity contribution in [3.8, 4) is 6.07 Å². The van der Waals surface area contributed by atoms with Crippen LogP contribution in [0.15, 0.2) is 30.5 Å². The Kier molecular flexibility index (Phi) is 5.03. The van der Waals surface area contributed by atoms with Crippen molar-refractivity contribution in [2.24, 2.45) is 5.73 Å². The van der Waals surface area contributed by atoms with E-state index >= 15 is 0 Å². The molecule has 2 atom stereocenters. The second-order valence-corrected chi connectivity index (χ2v) is 7.10. The number of pyridine rings is 2. The maximum atomic E-state index is 13.8. The van der Waals surface area contributed by atoms with Gasteiger partial charge in [-0.15, -0.1) is 0 Å². The highest BCUT2D eigenvalue weighted by atomic mass is 19.4. The Morgan fingerprint density at radius 2 is 2.00 bits per heavy atom. The van der Waals surface area contributed by atoms with E-state index in [1.165, 1.54) is 16.8 Å². The highest BCUT2D eigenvalue weighted by Gasteiger charge is 2.34. The van der Waals surface area contributed by atoms with Crippen molar-refractivity contribution in [1.29, 1.82) is 5.26 Å². The fourth-order valence-corrected chi connectivity index (χ4v) is 3.42. The predicted octanol–water partition coefficient (Wildman–Crippen LogP) is 2.64. The number of hydrogen-bond donors (Lipinski definition) is 1. The van der Waals surface area contributed by atoms with E-state index in [-0.39, 0.29) is 30.7 Å². The molecule has 1 saturated heterocycles. The van der Waals surface area contributed by atoms with Crippen molar-refractivity contribution in [3.05, 3.63) is 47.4 Å². The quantitative estimate of drug-likeness (QED) is 0.656. The van der Waals surface area contributed by atoms with E-state index in [1.807, 2.05) is 6.07 Å². The highest BCUT2D eigenvalue weighted by molar-refractivity contribution is 5.75. The number of imidazole rings is 1. The van der Waals surface area contributed by atoms with Crippen molar-refractivity contribution < 1.29 is 17.6 Å². The Labute approximate surface area is 168 Å². The van der Waals surface area contributed by atoms with Crippen LogP contribution >= 0.6 is 0 Å². The second kappa shape index (κ2) is 7.53. The average Bonchev–Trinajstić information content (AvgIpc) is 3.08. The van der Waals surface area contributed by atoms with Crippen LogP contribution in [0.3, 0.4) is 0 Å². The van der Waals surface area contributed by atoms with Gasteiger partial charge in [0.25, 0.3) is 0 Å². The van der Waals surface area contributed by atoms with Gasteiger partial charge in [-0.25, -0.2) is 14.4 Å². The number of halogens is 4. The summed E-state index contributed by atoms with van der Waals surface area (Å²) in [5.41, 5.74) is 6.02. The maximum Gasteiger partial charge on any atom is 0.433 e. The molecule has 4 rings (SSSR count). The number of fused-ring (bicyclic) bond motifs is 1. The number of hydrogen-bond acceptors (Lipinski definition) is 6. The third kappa shape index (κ3) is 3.78. The predicted molar refractivity (Wildman–Crippen MR) is 100 cm³/mol. The number of rotatable bonds is 3. The Morgan fingerprint density at radius 1 is 1.20 bits per heavy atom. The molecule has 0 amide bonds. The van der Waals surface area contributed by atoms with Crippen LogP contribution in [0.4, 0.5) is 23.5 Å². The van der Waals surface area contributed by atoms with Crippen LogP contribution in [0, 0.1) is 11.3 Å². The molecule has 3 aromatic rings. The molecule has 3 aromatic heterocycles. The summed E-state index contributed by atoms with van der Waals surface area (Å²) in [5.74, 6) is 0.352. The molecule has 0 aromatic carbocycles. The van der Waals surface area contributed by atoms with Crippen LogP contribution in [0.2, 0.25) is 0 Å². The molecule has 0 spiro atoms. The van der Waals surface area contributed by atoms with Crippen LogP contribution in [-0.2, 0) is 12.7 Å². The van der Waals surface area contributed by atoms with Gasteiger partial charge >= 0.3 is 6.18 Å². The first-order valence-electron chi connectivity index (χ1n) is 9.20. The van der Waals surface area contributed by atoms with E-state index in [2.05, 4.69) is 15.0 Å². The number of nitrogens with two attached hydrogens (primary N) is 1. The highest BCUT2D eigenvalue weighted by Crippen LogP contribution is 2.31. The Balaban J connectivity index is 1.81. The molecule has 30 heavy (non-hydrogen) atoms. The molecule has 0 unspecified atom stereocenters.